The fourth-order valence-corrected chi connectivity index (χ4v) is 2.64. The lowest BCUT2D eigenvalue weighted by atomic mass is 10.1. The van der Waals surface area contributed by atoms with E-state index in [9.17, 15) is 4.79 Å². The van der Waals surface area contributed by atoms with Crippen molar-refractivity contribution >= 4 is 5.91 Å². The maximum Gasteiger partial charge on any atom is 0.246 e. The monoisotopic (exact) mass is 290 g/mol. The molecule has 0 saturated carbocycles. The molecule has 0 aromatic heterocycles. The zero-order chi connectivity index (χ0) is 15.1. The molecule has 1 atom stereocenters. The van der Waals surface area contributed by atoms with E-state index in [1.54, 1.807) is 0 Å². The van der Waals surface area contributed by atoms with Gasteiger partial charge in [0.1, 0.15) is 6.61 Å². The normalized spacial score (nSPS) is 19.1. The summed E-state index contributed by atoms with van der Waals surface area (Å²) in [5.74, 6) is 0.555. The average molecular weight is 290 g/mol. The minimum Gasteiger partial charge on any atom is -0.367 e. The Morgan fingerprint density at radius 1 is 1.38 bits per heavy atom. The molecule has 1 aliphatic heterocycles. The van der Waals surface area contributed by atoms with Crippen molar-refractivity contribution < 1.29 is 9.53 Å². The summed E-state index contributed by atoms with van der Waals surface area (Å²) in [7, 11) is 0. The third-order valence-corrected chi connectivity index (χ3v) is 3.98. The number of carbonyl (C=O) groups is 1. The van der Waals surface area contributed by atoms with Gasteiger partial charge in [-0.2, -0.15) is 0 Å². The molecule has 1 amide bonds. The Bertz CT molecular complexity index is 434. The molecule has 0 aliphatic carbocycles. The van der Waals surface area contributed by atoms with Crippen LogP contribution in [-0.4, -0.2) is 43.1 Å². The van der Waals surface area contributed by atoms with Crippen LogP contribution in [-0.2, 0) is 16.1 Å². The Hall–Kier alpha value is -1.39. The Morgan fingerprint density at radius 2 is 2.14 bits per heavy atom. The number of benzene rings is 1. The van der Waals surface area contributed by atoms with Crippen molar-refractivity contribution in [2.24, 2.45) is 5.92 Å². The summed E-state index contributed by atoms with van der Waals surface area (Å²) in [4.78, 5) is 14.2. The fraction of sp³-hybridized carbons (Fsp3) is 0.588. The van der Waals surface area contributed by atoms with E-state index in [0.717, 1.165) is 25.2 Å². The van der Waals surface area contributed by atoms with Crippen molar-refractivity contribution in [2.45, 2.75) is 32.9 Å². The second kappa shape index (κ2) is 8.15. The maximum absolute atomic E-state index is 11.8. The van der Waals surface area contributed by atoms with Gasteiger partial charge in [-0.3, -0.25) is 4.79 Å². The van der Waals surface area contributed by atoms with Crippen molar-refractivity contribution in [3.05, 3.63) is 35.9 Å². The third kappa shape index (κ3) is 5.48. The molecule has 1 fully saturated rings. The van der Waals surface area contributed by atoms with E-state index >= 15 is 0 Å². The van der Waals surface area contributed by atoms with Gasteiger partial charge in [-0.25, -0.2) is 0 Å². The van der Waals surface area contributed by atoms with Gasteiger partial charge in [-0.1, -0.05) is 30.3 Å². The van der Waals surface area contributed by atoms with Gasteiger partial charge in [0.15, 0.2) is 0 Å². The molecule has 0 unspecified atom stereocenters. The number of likely N-dealkylation sites (tertiary alicyclic amines) is 1. The number of nitrogens with one attached hydrogen (secondary N) is 1. The fourth-order valence-electron chi connectivity index (χ4n) is 2.64. The topological polar surface area (TPSA) is 41.6 Å². The van der Waals surface area contributed by atoms with Crippen LogP contribution in [0.5, 0.6) is 0 Å². The minimum atomic E-state index is -0.0195. The number of hydrogen-bond donors (Lipinski definition) is 1. The van der Waals surface area contributed by atoms with Crippen molar-refractivity contribution in [3.63, 3.8) is 0 Å². The van der Waals surface area contributed by atoms with Gasteiger partial charge in [-0.15, -0.1) is 0 Å². The summed E-state index contributed by atoms with van der Waals surface area (Å²) in [6, 6.07) is 10.5. The number of ether oxygens (including phenoxy) is 1. The highest BCUT2D eigenvalue weighted by Gasteiger charge is 2.24. The van der Waals surface area contributed by atoms with Crippen LogP contribution in [0.1, 0.15) is 25.8 Å². The van der Waals surface area contributed by atoms with Crippen LogP contribution in [0, 0.1) is 5.92 Å². The molecule has 116 valence electrons. The predicted molar refractivity (Wildman–Crippen MR) is 83.9 cm³/mol. The highest BCUT2D eigenvalue weighted by Crippen LogP contribution is 2.17. The summed E-state index contributed by atoms with van der Waals surface area (Å²) in [5, 5.41) is 2.98. The summed E-state index contributed by atoms with van der Waals surface area (Å²) >= 11 is 0. The quantitative estimate of drug-likeness (QED) is 0.835. The van der Waals surface area contributed by atoms with Crippen LogP contribution in [0.3, 0.4) is 0 Å². The molecule has 1 N–H and O–H groups in total. The first-order valence-electron chi connectivity index (χ1n) is 7.77. The second-order valence-electron chi connectivity index (χ2n) is 6.03. The van der Waals surface area contributed by atoms with Gasteiger partial charge in [0.25, 0.3) is 0 Å². The minimum absolute atomic E-state index is 0.0195. The van der Waals surface area contributed by atoms with Gasteiger partial charge in [0, 0.05) is 19.1 Å². The molecule has 1 aromatic carbocycles. The molecular weight excluding hydrogens is 264 g/mol. The van der Waals surface area contributed by atoms with Gasteiger partial charge in [0.05, 0.1) is 6.61 Å². The molecule has 1 aromatic rings. The Morgan fingerprint density at radius 3 is 2.81 bits per heavy atom. The summed E-state index contributed by atoms with van der Waals surface area (Å²) in [6.07, 6.45) is 1.17. The van der Waals surface area contributed by atoms with Crippen LogP contribution in [0.4, 0.5) is 0 Å². The Balaban J connectivity index is 1.58. The lowest BCUT2D eigenvalue weighted by Crippen LogP contribution is -2.34. The first-order chi connectivity index (χ1) is 10.1. The molecule has 0 radical (unpaired) electrons. The first-order valence-corrected chi connectivity index (χ1v) is 7.77. The van der Waals surface area contributed by atoms with E-state index in [1.165, 1.54) is 6.42 Å². The molecule has 0 spiro atoms. The summed E-state index contributed by atoms with van der Waals surface area (Å²) < 4.78 is 5.43. The lowest BCUT2D eigenvalue weighted by molar-refractivity contribution is -0.126. The number of hydrogen-bond acceptors (Lipinski definition) is 3. The summed E-state index contributed by atoms with van der Waals surface area (Å²) in [6.45, 7) is 8.05. The van der Waals surface area contributed by atoms with Crippen molar-refractivity contribution in [2.75, 3.05) is 26.2 Å². The molecule has 1 aliphatic rings. The molecule has 0 bridgehead atoms. The number of amides is 1. The van der Waals surface area contributed by atoms with E-state index in [4.69, 9.17) is 4.74 Å². The zero-order valence-corrected chi connectivity index (χ0v) is 13.0. The van der Waals surface area contributed by atoms with Crippen LogP contribution in [0.15, 0.2) is 30.3 Å². The van der Waals surface area contributed by atoms with Crippen molar-refractivity contribution in [1.29, 1.82) is 0 Å². The Labute approximate surface area is 127 Å². The Kier molecular flexibility index (Phi) is 6.21. The second-order valence-corrected chi connectivity index (χ2v) is 6.03. The van der Waals surface area contributed by atoms with Crippen LogP contribution >= 0.6 is 0 Å². The molecular formula is C17H26N2O2. The summed E-state index contributed by atoms with van der Waals surface area (Å²) in [5.41, 5.74) is 1.09. The predicted octanol–water partition coefficient (Wildman–Crippen LogP) is 2.05. The lowest BCUT2D eigenvalue weighted by Gasteiger charge is -2.20. The standard InChI is InChI=1S/C17H26N2O2/c1-14(2)19-9-8-16(11-19)10-18-17(20)13-21-12-15-6-4-3-5-7-15/h3-7,14,16H,8-13H2,1-2H3,(H,18,20)/t16-/m0/s1. The van der Waals surface area contributed by atoms with Crippen molar-refractivity contribution in [1.82, 2.24) is 10.2 Å². The van der Waals surface area contributed by atoms with Crippen LogP contribution in [0.25, 0.3) is 0 Å². The smallest absolute Gasteiger partial charge is 0.246 e. The number of carbonyl (C=O) groups excluding carboxylic acids is 1. The highest BCUT2D eigenvalue weighted by molar-refractivity contribution is 5.77. The first kappa shape index (κ1) is 16.0. The van der Waals surface area contributed by atoms with E-state index < -0.39 is 0 Å². The van der Waals surface area contributed by atoms with Crippen molar-refractivity contribution in [3.8, 4) is 0 Å². The van der Waals surface area contributed by atoms with E-state index in [0.29, 0.717) is 18.6 Å². The maximum atomic E-state index is 11.8. The highest BCUT2D eigenvalue weighted by atomic mass is 16.5. The van der Waals surface area contributed by atoms with Gasteiger partial charge < -0.3 is 15.0 Å². The molecule has 1 saturated heterocycles. The largest absolute Gasteiger partial charge is 0.367 e. The average Bonchev–Trinajstić information content (AvgIpc) is 2.95. The van der Waals surface area contributed by atoms with Gasteiger partial charge >= 0.3 is 0 Å². The van der Waals surface area contributed by atoms with Crippen LogP contribution in [0.2, 0.25) is 0 Å². The molecule has 21 heavy (non-hydrogen) atoms. The molecule has 4 nitrogen and oxygen atoms in total. The zero-order valence-electron chi connectivity index (χ0n) is 13.0. The third-order valence-electron chi connectivity index (χ3n) is 3.98. The molecule has 4 heteroatoms. The van der Waals surface area contributed by atoms with E-state index in [-0.39, 0.29) is 12.5 Å². The molecule has 1 heterocycles. The number of rotatable bonds is 7. The van der Waals surface area contributed by atoms with Gasteiger partial charge in [-0.05, 0) is 38.3 Å². The number of nitrogens with zero attached hydrogens (tertiary/aromatic N) is 1. The SMILES string of the molecule is CC(C)N1CC[C@@H](CNC(=O)COCc2ccccc2)C1. The van der Waals surface area contributed by atoms with Crippen LogP contribution < -0.4 is 5.32 Å². The van der Waals surface area contributed by atoms with Gasteiger partial charge in [0.2, 0.25) is 5.91 Å². The van der Waals surface area contributed by atoms with E-state index in [2.05, 4.69) is 24.1 Å². The molecule has 2 rings (SSSR count). The van der Waals surface area contributed by atoms with E-state index in [1.807, 2.05) is 30.3 Å².